The van der Waals surface area contributed by atoms with Gasteiger partial charge >= 0.3 is 12.0 Å². The van der Waals surface area contributed by atoms with Crippen LogP contribution in [0.5, 0.6) is 0 Å². The summed E-state index contributed by atoms with van der Waals surface area (Å²) in [5.41, 5.74) is 0.773. The number of rotatable bonds is 4. The molecule has 5 nitrogen and oxygen atoms in total. The maximum Gasteiger partial charge on any atom is 0.322 e. The molecule has 1 saturated heterocycles. The molecule has 0 radical (unpaired) electrons. The van der Waals surface area contributed by atoms with Gasteiger partial charge in [-0.05, 0) is 66.5 Å². The van der Waals surface area contributed by atoms with Gasteiger partial charge in [0.2, 0.25) is 0 Å². The van der Waals surface area contributed by atoms with Crippen LogP contribution in [-0.2, 0) is 4.79 Å². The number of likely N-dealkylation sites (tertiary alicyclic amines) is 1. The molecule has 2 amide bonds. The van der Waals surface area contributed by atoms with E-state index >= 15 is 0 Å². The second-order valence-corrected chi connectivity index (χ2v) is 6.46. The highest BCUT2D eigenvalue weighted by Crippen LogP contribution is 2.22. The molecule has 1 atom stereocenters. The number of aliphatic carboxylic acids is 1. The normalized spacial score (nSPS) is 18.3. The predicted octanol–water partition coefficient (Wildman–Crippen LogP) is 3.54. The van der Waals surface area contributed by atoms with Crippen LogP contribution in [-0.4, -0.2) is 34.6 Å². The molecule has 1 fully saturated rings. The van der Waals surface area contributed by atoms with Gasteiger partial charge in [0.25, 0.3) is 0 Å². The number of nitrogens with one attached hydrogen (secondary N) is 1. The molecule has 114 valence electrons. The van der Waals surface area contributed by atoms with Crippen molar-refractivity contribution in [1.29, 1.82) is 0 Å². The van der Waals surface area contributed by atoms with Gasteiger partial charge in [0, 0.05) is 28.3 Å². The van der Waals surface area contributed by atoms with Crippen LogP contribution in [0.2, 0.25) is 0 Å². The molecule has 0 spiro atoms. The standard InChI is InChI=1S/C15H19IN2O3/c16-11-4-3-5-12(10-11)17-15(21)18-9-2-1-6-13(18)7-8-14(19)20/h3-5,10,13H,1-2,6-9H2,(H,17,21)(H,19,20). The van der Waals surface area contributed by atoms with Crippen molar-refractivity contribution in [3.63, 3.8) is 0 Å². The summed E-state index contributed by atoms with van der Waals surface area (Å²) < 4.78 is 1.06. The Morgan fingerprint density at radius 1 is 1.38 bits per heavy atom. The molecule has 1 unspecified atom stereocenters. The summed E-state index contributed by atoms with van der Waals surface area (Å²) in [4.78, 5) is 24.9. The first-order chi connectivity index (χ1) is 10.1. The monoisotopic (exact) mass is 402 g/mol. The van der Waals surface area contributed by atoms with E-state index in [1.54, 1.807) is 4.90 Å². The first-order valence-corrected chi connectivity index (χ1v) is 8.19. The van der Waals surface area contributed by atoms with Crippen LogP contribution >= 0.6 is 22.6 Å². The smallest absolute Gasteiger partial charge is 0.322 e. The van der Waals surface area contributed by atoms with Crippen LogP contribution in [0, 0.1) is 3.57 Å². The summed E-state index contributed by atoms with van der Waals surface area (Å²) in [5, 5.41) is 11.7. The Kier molecular flexibility index (Phi) is 5.84. The van der Waals surface area contributed by atoms with Gasteiger partial charge in [-0.15, -0.1) is 0 Å². The van der Waals surface area contributed by atoms with Crippen LogP contribution in [0.1, 0.15) is 32.1 Å². The molecule has 1 aliphatic heterocycles. The number of piperidine rings is 1. The van der Waals surface area contributed by atoms with Gasteiger partial charge < -0.3 is 15.3 Å². The summed E-state index contributed by atoms with van der Waals surface area (Å²) in [6.07, 6.45) is 3.54. The first-order valence-electron chi connectivity index (χ1n) is 7.11. The van der Waals surface area contributed by atoms with Crippen LogP contribution < -0.4 is 5.32 Å². The van der Waals surface area contributed by atoms with Crippen molar-refractivity contribution < 1.29 is 14.7 Å². The highest BCUT2D eigenvalue weighted by Gasteiger charge is 2.27. The number of carbonyl (C=O) groups excluding carboxylic acids is 1. The van der Waals surface area contributed by atoms with Crippen molar-refractivity contribution in [2.24, 2.45) is 0 Å². The van der Waals surface area contributed by atoms with Crippen LogP contribution in [0.3, 0.4) is 0 Å². The number of halogens is 1. The number of anilines is 1. The fourth-order valence-electron chi connectivity index (χ4n) is 2.62. The lowest BCUT2D eigenvalue weighted by atomic mass is 9.98. The quantitative estimate of drug-likeness (QED) is 0.757. The van der Waals surface area contributed by atoms with Crippen molar-refractivity contribution >= 4 is 40.3 Å². The van der Waals surface area contributed by atoms with E-state index < -0.39 is 5.97 Å². The SMILES string of the molecule is O=C(O)CCC1CCCCN1C(=O)Nc1cccc(I)c1. The Morgan fingerprint density at radius 3 is 2.90 bits per heavy atom. The maximum absolute atomic E-state index is 12.4. The summed E-state index contributed by atoms with van der Waals surface area (Å²) in [6.45, 7) is 0.694. The summed E-state index contributed by atoms with van der Waals surface area (Å²) in [7, 11) is 0. The minimum Gasteiger partial charge on any atom is -0.481 e. The van der Waals surface area contributed by atoms with Crippen molar-refractivity contribution in [2.75, 3.05) is 11.9 Å². The predicted molar refractivity (Wildman–Crippen MR) is 89.4 cm³/mol. The number of nitrogens with zero attached hydrogens (tertiary/aromatic N) is 1. The molecule has 21 heavy (non-hydrogen) atoms. The topological polar surface area (TPSA) is 69.6 Å². The van der Waals surface area contributed by atoms with Crippen LogP contribution in [0.4, 0.5) is 10.5 Å². The third-order valence-electron chi connectivity index (χ3n) is 3.66. The van der Waals surface area contributed by atoms with Gasteiger partial charge in [0.1, 0.15) is 0 Å². The molecule has 1 aliphatic rings. The van der Waals surface area contributed by atoms with E-state index in [1.165, 1.54) is 0 Å². The minimum atomic E-state index is -0.807. The van der Waals surface area contributed by atoms with E-state index in [-0.39, 0.29) is 18.5 Å². The van der Waals surface area contributed by atoms with Crippen molar-refractivity contribution in [3.8, 4) is 0 Å². The minimum absolute atomic E-state index is 0.0256. The number of carbonyl (C=O) groups is 2. The third kappa shape index (κ3) is 4.87. The van der Waals surface area contributed by atoms with Crippen molar-refractivity contribution in [1.82, 2.24) is 4.90 Å². The number of amides is 2. The number of carboxylic acid groups (broad SMARTS) is 1. The fourth-order valence-corrected chi connectivity index (χ4v) is 3.16. The van der Waals surface area contributed by atoms with Gasteiger partial charge in [-0.1, -0.05) is 6.07 Å². The average molecular weight is 402 g/mol. The molecule has 6 heteroatoms. The van der Waals surface area contributed by atoms with Crippen molar-refractivity contribution in [3.05, 3.63) is 27.8 Å². The summed E-state index contributed by atoms with van der Waals surface area (Å²) in [6, 6.07) is 7.53. The molecule has 0 saturated carbocycles. The highest BCUT2D eigenvalue weighted by atomic mass is 127. The molecular weight excluding hydrogens is 383 g/mol. The largest absolute Gasteiger partial charge is 0.481 e. The van der Waals surface area contributed by atoms with Gasteiger partial charge in [-0.3, -0.25) is 4.79 Å². The van der Waals surface area contributed by atoms with Crippen molar-refractivity contribution in [2.45, 2.75) is 38.1 Å². The van der Waals surface area contributed by atoms with Gasteiger partial charge in [-0.2, -0.15) is 0 Å². The first kappa shape index (κ1) is 16.1. The Hall–Kier alpha value is -1.31. The van der Waals surface area contributed by atoms with Crippen LogP contribution in [0.15, 0.2) is 24.3 Å². The Morgan fingerprint density at radius 2 is 2.19 bits per heavy atom. The van der Waals surface area contributed by atoms with E-state index in [2.05, 4.69) is 27.9 Å². The van der Waals surface area contributed by atoms with Crippen LogP contribution in [0.25, 0.3) is 0 Å². The fraction of sp³-hybridized carbons (Fsp3) is 0.467. The lowest BCUT2D eigenvalue weighted by Crippen LogP contribution is -2.46. The van der Waals surface area contributed by atoms with E-state index in [9.17, 15) is 9.59 Å². The zero-order valence-corrected chi connectivity index (χ0v) is 13.9. The second kappa shape index (κ2) is 7.63. The molecule has 1 aromatic carbocycles. The molecule has 1 aromatic rings. The zero-order valence-electron chi connectivity index (χ0n) is 11.7. The number of hydrogen-bond acceptors (Lipinski definition) is 2. The number of carboxylic acids is 1. The van der Waals surface area contributed by atoms with Gasteiger partial charge in [-0.25, -0.2) is 4.79 Å². The van der Waals surface area contributed by atoms with E-state index in [4.69, 9.17) is 5.11 Å². The summed E-state index contributed by atoms with van der Waals surface area (Å²) >= 11 is 2.20. The molecule has 2 rings (SSSR count). The van der Waals surface area contributed by atoms with E-state index in [0.717, 1.165) is 28.5 Å². The number of hydrogen-bond donors (Lipinski definition) is 2. The zero-order chi connectivity index (χ0) is 15.2. The third-order valence-corrected chi connectivity index (χ3v) is 4.33. The number of benzene rings is 1. The Labute approximate surface area is 137 Å². The summed E-state index contributed by atoms with van der Waals surface area (Å²) in [5.74, 6) is -0.807. The van der Waals surface area contributed by atoms with Gasteiger partial charge in [0.05, 0.1) is 0 Å². The Bertz CT molecular complexity index is 521. The molecule has 0 aliphatic carbocycles. The highest BCUT2D eigenvalue weighted by molar-refractivity contribution is 14.1. The maximum atomic E-state index is 12.4. The van der Waals surface area contributed by atoms with E-state index in [1.807, 2.05) is 24.3 Å². The Balaban J connectivity index is 1.99. The average Bonchev–Trinajstić information content (AvgIpc) is 2.45. The molecule has 0 aromatic heterocycles. The number of urea groups is 1. The van der Waals surface area contributed by atoms with Gasteiger partial charge in [0.15, 0.2) is 0 Å². The van der Waals surface area contributed by atoms with E-state index in [0.29, 0.717) is 13.0 Å². The lowest BCUT2D eigenvalue weighted by Gasteiger charge is -2.35. The molecule has 1 heterocycles. The second-order valence-electron chi connectivity index (χ2n) is 5.22. The molecule has 2 N–H and O–H groups in total. The lowest BCUT2D eigenvalue weighted by molar-refractivity contribution is -0.137. The molecular formula is C15H19IN2O3. The molecule has 0 bridgehead atoms.